The highest BCUT2D eigenvalue weighted by Crippen LogP contribution is 1.96. The molecule has 0 saturated heterocycles. The van der Waals surface area contributed by atoms with Gasteiger partial charge in [0.2, 0.25) is 0 Å². The predicted molar refractivity (Wildman–Crippen MR) is 51.2 cm³/mol. The molecule has 0 spiro atoms. The standard InChI is InChI=1S/C10H11NO4/c1-8(12)14-6-7-15-10(13)9-4-2-3-5-11-9/h2-5H,6-7H2,1H3. The largest absolute Gasteiger partial charge is 0.462 e. The number of rotatable bonds is 4. The first-order valence-corrected chi connectivity index (χ1v) is 4.41. The number of aromatic nitrogens is 1. The van der Waals surface area contributed by atoms with Gasteiger partial charge in [0.05, 0.1) is 0 Å². The zero-order valence-electron chi connectivity index (χ0n) is 8.30. The van der Waals surface area contributed by atoms with Gasteiger partial charge < -0.3 is 9.47 Å². The number of nitrogens with zero attached hydrogens (tertiary/aromatic N) is 1. The average molecular weight is 209 g/mol. The molecule has 15 heavy (non-hydrogen) atoms. The van der Waals surface area contributed by atoms with Crippen LogP contribution in [0.1, 0.15) is 17.4 Å². The van der Waals surface area contributed by atoms with Gasteiger partial charge in [-0.15, -0.1) is 0 Å². The molecule has 0 unspecified atom stereocenters. The van der Waals surface area contributed by atoms with Crippen molar-refractivity contribution in [3.63, 3.8) is 0 Å². The smallest absolute Gasteiger partial charge is 0.357 e. The Kier molecular flexibility index (Phi) is 4.28. The lowest BCUT2D eigenvalue weighted by molar-refractivity contribution is -0.142. The Bertz CT molecular complexity index is 337. The van der Waals surface area contributed by atoms with Crippen molar-refractivity contribution in [2.24, 2.45) is 0 Å². The average Bonchev–Trinajstić information content (AvgIpc) is 2.25. The molecule has 0 bridgehead atoms. The summed E-state index contributed by atoms with van der Waals surface area (Å²) in [5.74, 6) is -0.924. The van der Waals surface area contributed by atoms with Crippen molar-refractivity contribution < 1.29 is 19.1 Å². The lowest BCUT2D eigenvalue weighted by Crippen LogP contribution is -2.13. The van der Waals surface area contributed by atoms with Crippen molar-refractivity contribution in [1.82, 2.24) is 4.98 Å². The topological polar surface area (TPSA) is 65.5 Å². The third kappa shape index (κ3) is 4.21. The van der Waals surface area contributed by atoms with Crippen molar-refractivity contribution in [2.45, 2.75) is 6.92 Å². The molecule has 0 aromatic carbocycles. The second kappa shape index (κ2) is 5.74. The van der Waals surface area contributed by atoms with Crippen LogP contribution in [0.25, 0.3) is 0 Å². The highest BCUT2D eigenvalue weighted by Gasteiger charge is 2.07. The highest BCUT2D eigenvalue weighted by molar-refractivity contribution is 5.87. The van der Waals surface area contributed by atoms with Crippen LogP contribution in [0, 0.1) is 0 Å². The predicted octanol–water partition coefficient (Wildman–Crippen LogP) is 0.801. The molecule has 0 atom stereocenters. The van der Waals surface area contributed by atoms with Gasteiger partial charge in [-0.2, -0.15) is 0 Å². The van der Waals surface area contributed by atoms with E-state index in [1.807, 2.05) is 0 Å². The molecule has 5 nitrogen and oxygen atoms in total. The van der Waals surface area contributed by atoms with Gasteiger partial charge in [-0.3, -0.25) is 4.79 Å². The van der Waals surface area contributed by atoms with Crippen LogP contribution in [-0.2, 0) is 14.3 Å². The van der Waals surface area contributed by atoms with Crippen molar-refractivity contribution in [3.05, 3.63) is 30.1 Å². The van der Waals surface area contributed by atoms with Gasteiger partial charge in [0.25, 0.3) is 0 Å². The molecule has 1 aromatic rings. The molecule has 5 heteroatoms. The van der Waals surface area contributed by atoms with Crippen molar-refractivity contribution in [3.8, 4) is 0 Å². The number of hydrogen-bond donors (Lipinski definition) is 0. The minimum absolute atomic E-state index is 0.0367. The lowest BCUT2D eigenvalue weighted by atomic mass is 10.4. The Morgan fingerprint density at radius 2 is 2.00 bits per heavy atom. The second-order valence-electron chi connectivity index (χ2n) is 2.69. The van der Waals surface area contributed by atoms with E-state index in [9.17, 15) is 9.59 Å². The van der Waals surface area contributed by atoms with Gasteiger partial charge >= 0.3 is 11.9 Å². The fourth-order valence-electron chi connectivity index (χ4n) is 0.877. The van der Waals surface area contributed by atoms with Gasteiger partial charge in [0, 0.05) is 13.1 Å². The Morgan fingerprint density at radius 3 is 2.60 bits per heavy atom. The minimum Gasteiger partial charge on any atom is -0.462 e. The molecule has 1 heterocycles. The van der Waals surface area contributed by atoms with E-state index in [0.717, 1.165) is 0 Å². The molecule has 1 rings (SSSR count). The van der Waals surface area contributed by atoms with Crippen LogP contribution in [0.2, 0.25) is 0 Å². The maximum atomic E-state index is 11.3. The lowest BCUT2D eigenvalue weighted by Gasteiger charge is -2.03. The zero-order valence-corrected chi connectivity index (χ0v) is 8.30. The summed E-state index contributed by atoms with van der Waals surface area (Å²) in [6.45, 7) is 1.39. The fraction of sp³-hybridized carbons (Fsp3) is 0.300. The fourth-order valence-corrected chi connectivity index (χ4v) is 0.877. The third-order valence-electron chi connectivity index (χ3n) is 1.50. The molecule has 0 amide bonds. The molecule has 80 valence electrons. The summed E-state index contributed by atoms with van der Waals surface area (Å²) in [4.78, 5) is 25.5. The molecule has 0 aliphatic carbocycles. The number of carbonyl (C=O) groups excluding carboxylic acids is 2. The molecule has 0 N–H and O–H groups in total. The summed E-state index contributed by atoms with van der Waals surface area (Å²) in [6.07, 6.45) is 1.50. The van der Waals surface area contributed by atoms with Crippen molar-refractivity contribution in [2.75, 3.05) is 13.2 Å². The van der Waals surface area contributed by atoms with E-state index < -0.39 is 11.9 Å². The Labute approximate surface area is 87.0 Å². The van der Waals surface area contributed by atoms with Crippen LogP contribution in [-0.4, -0.2) is 30.1 Å². The Morgan fingerprint density at radius 1 is 1.27 bits per heavy atom. The number of carbonyl (C=O) groups is 2. The van der Waals surface area contributed by atoms with Gasteiger partial charge in [0.1, 0.15) is 18.9 Å². The maximum absolute atomic E-state index is 11.3. The molecule has 0 saturated carbocycles. The molecular weight excluding hydrogens is 198 g/mol. The van der Waals surface area contributed by atoms with E-state index in [4.69, 9.17) is 4.74 Å². The second-order valence-corrected chi connectivity index (χ2v) is 2.69. The van der Waals surface area contributed by atoms with Crippen molar-refractivity contribution >= 4 is 11.9 Å². The van der Waals surface area contributed by atoms with Crippen LogP contribution >= 0.6 is 0 Å². The summed E-state index contributed by atoms with van der Waals surface area (Å²) in [7, 11) is 0. The number of ether oxygens (including phenoxy) is 2. The zero-order chi connectivity index (χ0) is 11.1. The van der Waals surface area contributed by atoms with E-state index >= 15 is 0 Å². The van der Waals surface area contributed by atoms with E-state index in [2.05, 4.69) is 9.72 Å². The Balaban J connectivity index is 2.28. The Hall–Kier alpha value is -1.91. The minimum atomic E-state index is -0.525. The van der Waals surface area contributed by atoms with Crippen LogP contribution < -0.4 is 0 Å². The molecule has 0 fully saturated rings. The molecule has 0 aliphatic heterocycles. The highest BCUT2D eigenvalue weighted by atomic mass is 16.6. The van der Waals surface area contributed by atoms with E-state index in [1.54, 1.807) is 18.2 Å². The van der Waals surface area contributed by atoms with Gasteiger partial charge in [-0.05, 0) is 12.1 Å². The molecule has 0 aliphatic rings. The quantitative estimate of drug-likeness (QED) is 0.542. The maximum Gasteiger partial charge on any atom is 0.357 e. The van der Waals surface area contributed by atoms with Gasteiger partial charge in [0.15, 0.2) is 0 Å². The summed E-state index contributed by atoms with van der Waals surface area (Å²) in [5, 5.41) is 0. The van der Waals surface area contributed by atoms with E-state index in [-0.39, 0.29) is 18.9 Å². The summed E-state index contributed by atoms with van der Waals surface area (Å²) in [6, 6.07) is 4.94. The summed E-state index contributed by atoms with van der Waals surface area (Å²) < 4.78 is 9.39. The number of pyridine rings is 1. The van der Waals surface area contributed by atoms with Gasteiger partial charge in [-0.1, -0.05) is 6.07 Å². The van der Waals surface area contributed by atoms with Crippen LogP contribution in [0.3, 0.4) is 0 Å². The number of esters is 2. The molecular formula is C10H11NO4. The first kappa shape index (κ1) is 11.2. The van der Waals surface area contributed by atoms with Gasteiger partial charge in [-0.25, -0.2) is 9.78 Å². The molecule has 0 radical (unpaired) electrons. The van der Waals surface area contributed by atoms with Crippen LogP contribution in [0.5, 0.6) is 0 Å². The first-order chi connectivity index (χ1) is 7.20. The third-order valence-corrected chi connectivity index (χ3v) is 1.50. The number of hydrogen-bond acceptors (Lipinski definition) is 5. The first-order valence-electron chi connectivity index (χ1n) is 4.41. The van der Waals surface area contributed by atoms with Crippen LogP contribution in [0.15, 0.2) is 24.4 Å². The SMILES string of the molecule is CC(=O)OCCOC(=O)c1ccccn1. The van der Waals surface area contributed by atoms with Crippen LogP contribution in [0.4, 0.5) is 0 Å². The summed E-state index contributed by atoms with van der Waals surface area (Å²) in [5.41, 5.74) is 0.236. The normalized spacial score (nSPS) is 9.40. The van der Waals surface area contributed by atoms with Crippen molar-refractivity contribution in [1.29, 1.82) is 0 Å². The summed E-state index contributed by atoms with van der Waals surface area (Å²) >= 11 is 0. The van der Waals surface area contributed by atoms with E-state index in [1.165, 1.54) is 13.1 Å². The molecule has 1 aromatic heterocycles. The van der Waals surface area contributed by atoms with E-state index in [0.29, 0.717) is 0 Å². The monoisotopic (exact) mass is 209 g/mol.